The molecule has 4 heteroatoms. The summed E-state index contributed by atoms with van der Waals surface area (Å²) in [5.41, 5.74) is 8.41. The second-order valence-corrected chi connectivity index (χ2v) is 5.40. The summed E-state index contributed by atoms with van der Waals surface area (Å²) in [7, 11) is 0. The van der Waals surface area contributed by atoms with Gasteiger partial charge in [-0.3, -0.25) is 4.68 Å². The van der Waals surface area contributed by atoms with Gasteiger partial charge in [0.1, 0.15) is 0 Å². The largest absolute Gasteiger partial charge is 0.327 e. The van der Waals surface area contributed by atoms with Crippen LogP contribution in [0.3, 0.4) is 0 Å². The molecule has 0 aromatic carbocycles. The van der Waals surface area contributed by atoms with Crippen LogP contribution in [0.2, 0.25) is 0 Å². The molecule has 0 aliphatic rings. The summed E-state index contributed by atoms with van der Waals surface area (Å²) in [5.74, 6) is 0.540. The molecule has 0 aliphatic carbocycles. The number of nitrogens with zero attached hydrogens (tertiary/aromatic N) is 2. The van der Waals surface area contributed by atoms with Crippen molar-refractivity contribution in [2.75, 3.05) is 0 Å². The van der Waals surface area contributed by atoms with Crippen molar-refractivity contribution in [1.29, 1.82) is 0 Å². The molecule has 0 bridgehead atoms. The van der Waals surface area contributed by atoms with Crippen LogP contribution < -0.4 is 5.73 Å². The maximum Gasteiger partial charge on any atom is 0.0738 e. The van der Waals surface area contributed by atoms with Crippen molar-refractivity contribution in [3.8, 4) is 0 Å². The molecule has 1 aromatic rings. The van der Waals surface area contributed by atoms with Gasteiger partial charge >= 0.3 is 0 Å². The molecule has 1 unspecified atom stereocenters. The summed E-state index contributed by atoms with van der Waals surface area (Å²) in [4.78, 5) is 0. The Morgan fingerprint density at radius 2 is 2.06 bits per heavy atom. The van der Waals surface area contributed by atoms with Gasteiger partial charge in [-0.1, -0.05) is 13.8 Å². The van der Waals surface area contributed by atoms with Crippen LogP contribution in [0.25, 0.3) is 0 Å². The minimum atomic E-state index is 0.271. The van der Waals surface area contributed by atoms with E-state index >= 15 is 0 Å². The average Bonchev–Trinajstić information content (AvgIpc) is 2.51. The molecule has 1 heterocycles. The van der Waals surface area contributed by atoms with Crippen LogP contribution in [0.1, 0.15) is 38.6 Å². The van der Waals surface area contributed by atoms with Crippen molar-refractivity contribution in [1.82, 2.24) is 9.78 Å². The molecule has 1 rings (SSSR count). The van der Waals surface area contributed by atoms with Crippen molar-refractivity contribution >= 4 is 15.9 Å². The van der Waals surface area contributed by atoms with Crippen LogP contribution in [0.15, 0.2) is 4.47 Å². The maximum absolute atomic E-state index is 6.07. The van der Waals surface area contributed by atoms with E-state index in [2.05, 4.69) is 46.5 Å². The van der Waals surface area contributed by atoms with Crippen LogP contribution in [0.5, 0.6) is 0 Å². The fourth-order valence-electron chi connectivity index (χ4n) is 1.74. The summed E-state index contributed by atoms with van der Waals surface area (Å²) >= 11 is 3.60. The molecule has 0 spiro atoms. The van der Waals surface area contributed by atoms with Crippen LogP contribution in [-0.4, -0.2) is 15.8 Å². The number of nitrogens with two attached hydrogens (primary N) is 1. The Balaban J connectivity index is 2.73. The second kappa shape index (κ2) is 5.82. The van der Waals surface area contributed by atoms with Crippen LogP contribution in [-0.2, 0) is 13.0 Å². The molecule has 16 heavy (non-hydrogen) atoms. The van der Waals surface area contributed by atoms with Gasteiger partial charge in [-0.15, -0.1) is 0 Å². The molecule has 0 fully saturated rings. The van der Waals surface area contributed by atoms with Crippen molar-refractivity contribution < 1.29 is 0 Å². The average molecular weight is 288 g/mol. The molecule has 0 saturated heterocycles. The molecule has 0 saturated carbocycles. The van der Waals surface area contributed by atoms with Gasteiger partial charge in [0.15, 0.2) is 0 Å². The van der Waals surface area contributed by atoms with Gasteiger partial charge in [0, 0.05) is 12.6 Å². The third kappa shape index (κ3) is 3.08. The Hall–Kier alpha value is -0.350. The second-order valence-electron chi connectivity index (χ2n) is 4.61. The van der Waals surface area contributed by atoms with E-state index in [1.807, 2.05) is 6.92 Å². The number of hydrogen-bond acceptors (Lipinski definition) is 2. The highest BCUT2D eigenvalue weighted by molar-refractivity contribution is 9.10. The number of aromatic nitrogens is 2. The monoisotopic (exact) mass is 287 g/mol. The van der Waals surface area contributed by atoms with E-state index in [1.54, 1.807) is 0 Å². The zero-order valence-corrected chi connectivity index (χ0v) is 12.2. The molecule has 0 amide bonds. The highest BCUT2D eigenvalue weighted by Crippen LogP contribution is 2.23. The fourth-order valence-corrected chi connectivity index (χ4v) is 2.23. The van der Waals surface area contributed by atoms with E-state index in [-0.39, 0.29) is 6.04 Å². The lowest BCUT2D eigenvalue weighted by atomic mass is 9.99. The fraction of sp³-hybridized carbons (Fsp3) is 0.750. The third-order valence-electron chi connectivity index (χ3n) is 3.02. The van der Waals surface area contributed by atoms with Gasteiger partial charge < -0.3 is 5.73 Å². The molecule has 3 nitrogen and oxygen atoms in total. The minimum absolute atomic E-state index is 0.271. The first-order valence-corrected chi connectivity index (χ1v) is 6.74. The minimum Gasteiger partial charge on any atom is -0.327 e. The SMILES string of the molecule is CCn1nc(C)c(Br)c1CCC(N)C(C)C. The van der Waals surface area contributed by atoms with Gasteiger partial charge in [-0.2, -0.15) is 5.10 Å². The van der Waals surface area contributed by atoms with E-state index in [0.29, 0.717) is 5.92 Å². The number of halogens is 1. The molecule has 2 N–H and O–H groups in total. The Bertz CT molecular complexity index is 344. The van der Waals surface area contributed by atoms with Crippen molar-refractivity contribution in [3.63, 3.8) is 0 Å². The third-order valence-corrected chi connectivity index (χ3v) is 4.06. The highest BCUT2D eigenvalue weighted by atomic mass is 79.9. The first-order valence-electron chi connectivity index (χ1n) is 5.94. The quantitative estimate of drug-likeness (QED) is 0.905. The van der Waals surface area contributed by atoms with E-state index in [4.69, 9.17) is 5.73 Å². The lowest BCUT2D eigenvalue weighted by molar-refractivity contribution is 0.456. The van der Waals surface area contributed by atoms with E-state index < -0.39 is 0 Å². The van der Waals surface area contributed by atoms with Crippen LogP contribution in [0.4, 0.5) is 0 Å². The normalized spacial score (nSPS) is 13.4. The maximum atomic E-state index is 6.07. The van der Waals surface area contributed by atoms with Gasteiger partial charge in [0.25, 0.3) is 0 Å². The zero-order valence-electron chi connectivity index (χ0n) is 10.6. The molecular formula is C12H22BrN3. The number of rotatable bonds is 5. The Morgan fingerprint density at radius 3 is 2.56 bits per heavy atom. The molecule has 92 valence electrons. The standard InChI is InChI=1S/C12H22BrN3/c1-5-16-11(12(13)9(4)15-16)7-6-10(14)8(2)3/h8,10H,5-7,14H2,1-4H3. The first kappa shape index (κ1) is 13.7. The summed E-state index contributed by atoms with van der Waals surface area (Å²) in [6.45, 7) is 9.40. The summed E-state index contributed by atoms with van der Waals surface area (Å²) in [6.07, 6.45) is 2.01. The van der Waals surface area contributed by atoms with Crippen LogP contribution >= 0.6 is 15.9 Å². The molecule has 1 aromatic heterocycles. The van der Waals surface area contributed by atoms with Gasteiger partial charge in [-0.05, 0) is 48.5 Å². The Kier molecular flexibility index (Phi) is 4.99. The summed E-state index contributed by atoms with van der Waals surface area (Å²) in [6, 6.07) is 0.271. The molecule has 1 atom stereocenters. The van der Waals surface area contributed by atoms with E-state index in [0.717, 1.165) is 29.6 Å². The van der Waals surface area contributed by atoms with E-state index in [1.165, 1.54) is 5.69 Å². The first-order chi connectivity index (χ1) is 7.47. The Morgan fingerprint density at radius 1 is 1.44 bits per heavy atom. The van der Waals surface area contributed by atoms with Gasteiger partial charge in [-0.25, -0.2) is 0 Å². The molecular weight excluding hydrogens is 266 g/mol. The predicted molar refractivity (Wildman–Crippen MR) is 71.5 cm³/mol. The lowest BCUT2D eigenvalue weighted by Crippen LogP contribution is -2.27. The summed E-state index contributed by atoms with van der Waals surface area (Å²) < 4.78 is 3.21. The Labute approximate surface area is 107 Å². The van der Waals surface area contributed by atoms with Crippen molar-refractivity contribution in [2.24, 2.45) is 11.7 Å². The van der Waals surface area contributed by atoms with Crippen molar-refractivity contribution in [2.45, 2.75) is 53.1 Å². The van der Waals surface area contributed by atoms with Crippen molar-refractivity contribution in [3.05, 3.63) is 15.9 Å². The zero-order chi connectivity index (χ0) is 12.3. The topological polar surface area (TPSA) is 43.8 Å². The number of hydrogen-bond donors (Lipinski definition) is 1. The lowest BCUT2D eigenvalue weighted by Gasteiger charge is -2.15. The summed E-state index contributed by atoms with van der Waals surface area (Å²) in [5, 5.41) is 4.48. The van der Waals surface area contributed by atoms with Gasteiger partial charge in [0.05, 0.1) is 15.9 Å². The van der Waals surface area contributed by atoms with Gasteiger partial charge in [0.2, 0.25) is 0 Å². The van der Waals surface area contributed by atoms with Crippen LogP contribution in [0, 0.1) is 12.8 Å². The van der Waals surface area contributed by atoms with E-state index in [9.17, 15) is 0 Å². The smallest absolute Gasteiger partial charge is 0.0738 e. The number of aryl methyl sites for hydroxylation is 2. The molecule has 0 radical (unpaired) electrons. The predicted octanol–water partition coefficient (Wildman–Crippen LogP) is 2.89. The highest BCUT2D eigenvalue weighted by Gasteiger charge is 2.14. The molecule has 0 aliphatic heterocycles.